The minimum absolute atomic E-state index is 0.0668. The highest BCUT2D eigenvalue weighted by Crippen LogP contribution is 2.30. The second-order valence-corrected chi connectivity index (χ2v) is 6.03. The van der Waals surface area contributed by atoms with Crippen LogP contribution in [-0.2, 0) is 9.53 Å². The Kier molecular flexibility index (Phi) is 4.65. The number of aliphatic hydroxyl groups is 1. The molecule has 7 heteroatoms. The highest BCUT2D eigenvalue weighted by atomic mass is 16.6. The maximum atomic E-state index is 11.5. The fraction of sp³-hybridized carbons (Fsp3) is 0.692. The topological polar surface area (TPSA) is 108 Å². The Bertz CT molecular complexity index is 415. The van der Waals surface area contributed by atoms with Crippen LogP contribution in [0.15, 0.2) is 12.4 Å². The molecule has 0 heterocycles. The summed E-state index contributed by atoms with van der Waals surface area (Å²) in [5, 5.41) is 24.0. The molecule has 4 N–H and O–H groups in total. The van der Waals surface area contributed by atoms with Crippen molar-refractivity contribution in [3.63, 3.8) is 0 Å². The Morgan fingerprint density at radius 3 is 2.45 bits per heavy atom. The predicted octanol–water partition coefficient (Wildman–Crippen LogP) is 0.940. The Hall–Kier alpha value is -1.76. The van der Waals surface area contributed by atoms with Gasteiger partial charge in [0.1, 0.15) is 11.4 Å². The van der Waals surface area contributed by atoms with Gasteiger partial charge in [0, 0.05) is 12.5 Å². The van der Waals surface area contributed by atoms with Gasteiger partial charge in [-0.2, -0.15) is 0 Å². The molecular weight excluding hydrogens is 264 g/mol. The molecule has 1 fully saturated rings. The van der Waals surface area contributed by atoms with Crippen molar-refractivity contribution < 1.29 is 24.5 Å². The van der Waals surface area contributed by atoms with E-state index in [1.54, 1.807) is 20.8 Å². The van der Waals surface area contributed by atoms with Crippen molar-refractivity contribution in [1.29, 1.82) is 0 Å². The summed E-state index contributed by atoms with van der Waals surface area (Å²) in [5.74, 6) is -1.01. The largest absolute Gasteiger partial charge is 0.479 e. The molecule has 0 saturated heterocycles. The third kappa shape index (κ3) is 4.73. The highest BCUT2D eigenvalue weighted by molar-refractivity contribution is 5.77. The van der Waals surface area contributed by atoms with Gasteiger partial charge in [0.2, 0.25) is 0 Å². The molecule has 0 aromatic heterocycles. The number of alkyl carbamates (subject to hydrolysis) is 1. The molecule has 1 rings (SSSR count). The van der Waals surface area contributed by atoms with Crippen LogP contribution in [0.25, 0.3) is 0 Å². The lowest BCUT2D eigenvalue weighted by atomic mass is 10.0. The maximum absolute atomic E-state index is 11.5. The number of ether oxygens (including phenoxy) is 1. The number of amides is 1. The first-order chi connectivity index (χ1) is 9.02. The van der Waals surface area contributed by atoms with Gasteiger partial charge in [0.15, 0.2) is 5.60 Å². The van der Waals surface area contributed by atoms with Gasteiger partial charge in [0.25, 0.3) is 0 Å². The number of nitrogens with one attached hydrogen (secondary N) is 2. The van der Waals surface area contributed by atoms with Crippen LogP contribution in [0.1, 0.15) is 40.0 Å². The van der Waals surface area contributed by atoms with E-state index in [9.17, 15) is 14.7 Å². The molecule has 1 amide bonds. The van der Waals surface area contributed by atoms with E-state index >= 15 is 0 Å². The standard InChI is InChI=1S/C13H22N2O5/c1-8(15-11(18)20-12(2,3)4)14-9-5-6-13(19,7-9)10(16)17/h9,14,19H,1,5-7H2,2-4H3,(H,15,18)(H,16,17). The molecule has 1 saturated carbocycles. The molecule has 114 valence electrons. The van der Waals surface area contributed by atoms with Crippen LogP contribution in [0.5, 0.6) is 0 Å². The molecule has 1 aliphatic rings. The van der Waals surface area contributed by atoms with Crippen LogP contribution in [0.3, 0.4) is 0 Å². The lowest BCUT2D eigenvalue weighted by molar-refractivity contribution is -0.157. The Labute approximate surface area is 118 Å². The van der Waals surface area contributed by atoms with E-state index in [2.05, 4.69) is 17.2 Å². The van der Waals surface area contributed by atoms with Crippen molar-refractivity contribution >= 4 is 12.1 Å². The van der Waals surface area contributed by atoms with Gasteiger partial charge in [-0.1, -0.05) is 6.58 Å². The molecule has 0 spiro atoms. The lowest BCUT2D eigenvalue weighted by Gasteiger charge is -2.22. The molecule has 0 aromatic carbocycles. The number of carboxylic acid groups (broad SMARTS) is 1. The van der Waals surface area contributed by atoms with Crippen molar-refractivity contribution in [3.05, 3.63) is 12.4 Å². The maximum Gasteiger partial charge on any atom is 0.413 e. The zero-order valence-electron chi connectivity index (χ0n) is 12.0. The average Bonchev–Trinajstić information content (AvgIpc) is 2.57. The van der Waals surface area contributed by atoms with E-state index in [1.165, 1.54) is 0 Å². The third-order valence-electron chi connectivity index (χ3n) is 2.92. The Balaban J connectivity index is 2.41. The summed E-state index contributed by atoms with van der Waals surface area (Å²) < 4.78 is 5.06. The SMILES string of the molecule is C=C(NC(=O)OC(C)(C)C)NC1CCC(O)(C(=O)O)C1. The van der Waals surface area contributed by atoms with E-state index in [-0.39, 0.29) is 24.7 Å². The number of aliphatic carboxylic acids is 1. The molecule has 2 unspecified atom stereocenters. The van der Waals surface area contributed by atoms with Crippen LogP contribution in [0.4, 0.5) is 4.79 Å². The summed E-state index contributed by atoms with van der Waals surface area (Å²) in [5.41, 5.74) is -2.31. The second-order valence-electron chi connectivity index (χ2n) is 6.03. The van der Waals surface area contributed by atoms with Gasteiger partial charge in [0.05, 0.1) is 0 Å². The first kappa shape index (κ1) is 16.3. The van der Waals surface area contributed by atoms with Gasteiger partial charge in [-0.05, 0) is 33.6 Å². The van der Waals surface area contributed by atoms with Crippen molar-refractivity contribution in [1.82, 2.24) is 10.6 Å². The van der Waals surface area contributed by atoms with Gasteiger partial charge >= 0.3 is 12.1 Å². The van der Waals surface area contributed by atoms with Gasteiger partial charge in [-0.3, -0.25) is 5.32 Å². The molecule has 0 radical (unpaired) electrons. The molecular formula is C13H22N2O5. The lowest BCUT2D eigenvalue weighted by Crippen LogP contribution is -2.41. The normalized spacial score (nSPS) is 25.9. The van der Waals surface area contributed by atoms with E-state index in [4.69, 9.17) is 9.84 Å². The number of rotatable bonds is 4. The third-order valence-corrected chi connectivity index (χ3v) is 2.92. The minimum Gasteiger partial charge on any atom is -0.479 e. The monoisotopic (exact) mass is 286 g/mol. The number of carbonyl (C=O) groups excluding carboxylic acids is 1. The quantitative estimate of drug-likeness (QED) is 0.612. The number of hydrogen-bond acceptors (Lipinski definition) is 5. The average molecular weight is 286 g/mol. The second kappa shape index (κ2) is 5.70. The van der Waals surface area contributed by atoms with Crippen LogP contribution in [-0.4, -0.2) is 39.5 Å². The molecule has 0 aliphatic heterocycles. The molecule has 0 bridgehead atoms. The van der Waals surface area contributed by atoms with Crippen LogP contribution >= 0.6 is 0 Å². The van der Waals surface area contributed by atoms with E-state index < -0.39 is 23.3 Å². The van der Waals surface area contributed by atoms with Crippen molar-refractivity contribution in [2.45, 2.75) is 57.3 Å². The Morgan fingerprint density at radius 2 is 2.00 bits per heavy atom. The smallest absolute Gasteiger partial charge is 0.413 e. The summed E-state index contributed by atoms with van der Waals surface area (Å²) >= 11 is 0. The zero-order chi connectivity index (χ0) is 15.6. The highest BCUT2D eigenvalue weighted by Gasteiger charge is 2.43. The molecule has 7 nitrogen and oxygen atoms in total. The first-order valence-electron chi connectivity index (χ1n) is 6.43. The summed E-state index contributed by atoms with van der Waals surface area (Å²) in [6.07, 6.45) is 0.0796. The summed E-state index contributed by atoms with van der Waals surface area (Å²) in [6, 6.07) is -0.251. The van der Waals surface area contributed by atoms with Gasteiger partial charge in [-0.25, -0.2) is 9.59 Å². The van der Waals surface area contributed by atoms with E-state index in [1.807, 2.05) is 0 Å². The van der Waals surface area contributed by atoms with Crippen molar-refractivity contribution in [3.8, 4) is 0 Å². The fourth-order valence-electron chi connectivity index (χ4n) is 2.05. The van der Waals surface area contributed by atoms with Crippen molar-refractivity contribution in [2.75, 3.05) is 0 Å². The summed E-state index contributed by atoms with van der Waals surface area (Å²) in [7, 11) is 0. The predicted molar refractivity (Wildman–Crippen MR) is 71.9 cm³/mol. The van der Waals surface area contributed by atoms with E-state index in [0.717, 1.165) is 0 Å². The van der Waals surface area contributed by atoms with Crippen LogP contribution in [0, 0.1) is 0 Å². The van der Waals surface area contributed by atoms with E-state index in [0.29, 0.717) is 6.42 Å². The van der Waals surface area contributed by atoms with Crippen molar-refractivity contribution in [2.24, 2.45) is 0 Å². The van der Waals surface area contributed by atoms with Gasteiger partial charge < -0.3 is 20.3 Å². The molecule has 20 heavy (non-hydrogen) atoms. The molecule has 0 aromatic rings. The Morgan fingerprint density at radius 1 is 1.40 bits per heavy atom. The first-order valence-corrected chi connectivity index (χ1v) is 6.43. The number of hydrogen-bond donors (Lipinski definition) is 4. The van der Waals surface area contributed by atoms with Crippen LogP contribution < -0.4 is 10.6 Å². The summed E-state index contributed by atoms with van der Waals surface area (Å²) in [4.78, 5) is 22.4. The number of carboxylic acids is 1. The minimum atomic E-state index is -1.70. The zero-order valence-corrected chi connectivity index (χ0v) is 12.0. The summed E-state index contributed by atoms with van der Waals surface area (Å²) in [6.45, 7) is 8.86. The van der Waals surface area contributed by atoms with Crippen LogP contribution in [0.2, 0.25) is 0 Å². The van der Waals surface area contributed by atoms with Gasteiger partial charge in [-0.15, -0.1) is 0 Å². The fourth-order valence-corrected chi connectivity index (χ4v) is 2.05. The molecule has 2 atom stereocenters. The molecule has 1 aliphatic carbocycles. The number of carbonyl (C=O) groups is 2.